The first kappa shape index (κ1) is 41.5. The summed E-state index contributed by atoms with van der Waals surface area (Å²) in [6.07, 6.45) is 0. The summed E-state index contributed by atoms with van der Waals surface area (Å²) in [6.45, 7) is 41.3. The molecule has 0 bridgehead atoms. The summed E-state index contributed by atoms with van der Waals surface area (Å²) in [4.78, 5) is 0. The molecule has 0 aliphatic rings. The summed E-state index contributed by atoms with van der Waals surface area (Å²) in [7, 11) is -6.64. The largest absolute Gasteiger partial charge is 4.00 e. The molecule has 0 aromatic heterocycles. The van der Waals surface area contributed by atoms with Crippen LogP contribution in [0.4, 0.5) is 0 Å². The summed E-state index contributed by atoms with van der Waals surface area (Å²) >= 11 is 0. The third-order valence-corrected chi connectivity index (χ3v) is 18.1. The van der Waals surface area contributed by atoms with E-state index in [9.17, 15) is 0 Å². The van der Waals surface area contributed by atoms with Crippen LogP contribution in [0.2, 0.25) is 118 Å². The Labute approximate surface area is 216 Å². The molecule has 0 aliphatic carbocycles. The van der Waals surface area contributed by atoms with Crippen molar-refractivity contribution in [1.82, 2.24) is 0 Å². The van der Waals surface area contributed by atoms with Gasteiger partial charge in [0.1, 0.15) is 0 Å². The van der Waals surface area contributed by atoms with Gasteiger partial charge in [0, 0.05) is 0 Å². The van der Waals surface area contributed by atoms with E-state index < -0.39 is 49.4 Å². The number of halogens is 1. The molecule has 0 amide bonds. The normalized spacial score (nSPS) is 13.0. The fourth-order valence-electron chi connectivity index (χ4n) is 3.02. The molecule has 0 spiro atoms. The van der Waals surface area contributed by atoms with Crippen LogP contribution >= 0.6 is 0 Å². The molecule has 0 aliphatic heterocycles. The Kier molecular flexibility index (Phi) is 21.8. The van der Waals surface area contributed by atoms with E-state index in [1.807, 2.05) is 0 Å². The number of nitrogens with zero attached hydrogens (tertiary/aromatic N) is 3. The van der Waals surface area contributed by atoms with Crippen LogP contribution in [0.5, 0.6) is 0 Å². The third-order valence-electron chi connectivity index (χ3n) is 2.01. The van der Waals surface area contributed by atoms with Crippen molar-refractivity contribution in [3.63, 3.8) is 0 Å². The molecule has 29 heavy (non-hydrogen) atoms. The summed E-state index contributed by atoms with van der Waals surface area (Å²) in [5.74, 6) is 0. The molecule has 0 unspecified atom stereocenters. The van der Waals surface area contributed by atoms with Gasteiger partial charge in [0.15, 0.2) is 0 Å². The first-order valence-electron chi connectivity index (χ1n) is 10.3. The second-order valence-corrected chi connectivity index (χ2v) is 42.1. The van der Waals surface area contributed by atoms with Crippen molar-refractivity contribution >= 4 is 73.3 Å². The molecule has 0 heterocycles. The van der Waals surface area contributed by atoms with E-state index in [1.165, 1.54) is 0 Å². The summed E-state index contributed by atoms with van der Waals surface area (Å²) in [5.41, 5.74) is 0. The molecule has 3 nitrogen and oxygen atoms in total. The van der Waals surface area contributed by atoms with Gasteiger partial charge < -0.3 is 26.4 Å². The van der Waals surface area contributed by atoms with Gasteiger partial charge in [-0.1, -0.05) is 167 Å². The fourth-order valence-corrected chi connectivity index (χ4v) is 27.2. The van der Waals surface area contributed by atoms with Gasteiger partial charge in [0.25, 0.3) is 0 Å². The second-order valence-electron chi connectivity index (χ2n) is 13.4. The van der Waals surface area contributed by atoms with E-state index in [0.29, 0.717) is 0 Å². The predicted molar refractivity (Wildman–Crippen MR) is 156 cm³/mol. The zero-order valence-corrected chi connectivity index (χ0v) is 32.8. The monoisotopic (exact) mass is 635 g/mol. The maximum Gasteiger partial charge on any atom is 4.00 e. The molecule has 176 valence electrons. The maximum absolute atomic E-state index is 4.82. The molecular formula is C18H54ClN3Si6Sn. The molecule has 0 aromatic carbocycles. The van der Waals surface area contributed by atoms with Gasteiger partial charge in [0.05, 0.1) is 0 Å². The van der Waals surface area contributed by atoms with Crippen LogP contribution < -0.4 is 12.4 Å². The van der Waals surface area contributed by atoms with Crippen LogP contribution in [-0.2, 0) is 0 Å². The van der Waals surface area contributed by atoms with E-state index in [1.54, 1.807) is 0 Å². The SMILES string of the molecule is C[Si](C)(C)[N-][Si](C)(C)C.C[Si](C)(C)[N-][Si](C)(C)C.C[Si](C)(C)[N-][Si](C)(C)C.[Cl-].[Sn+4]. The zero-order valence-electron chi connectivity index (χ0n) is 23.2. The number of rotatable bonds is 6. The molecule has 11 heteroatoms. The van der Waals surface area contributed by atoms with Gasteiger partial charge in [-0.25, -0.2) is 0 Å². The first-order chi connectivity index (χ1) is 11.1. The van der Waals surface area contributed by atoms with Crippen LogP contribution in [0, 0.1) is 0 Å². The standard InChI is InChI=1S/3C6H18NSi2.ClH.Sn/c3*1-8(2,3)7-9(4,5)6;;/h3*1-6H3;1H;/q3*-1;;+4/p-1. The third kappa shape index (κ3) is 58.9. The van der Waals surface area contributed by atoms with Gasteiger partial charge in [0.2, 0.25) is 0 Å². The van der Waals surface area contributed by atoms with E-state index >= 15 is 0 Å². The van der Waals surface area contributed by atoms with Crippen LogP contribution in [0.1, 0.15) is 0 Å². The second kappa shape index (κ2) is 15.2. The Hall–Kier alpha value is 2.27. The van der Waals surface area contributed by atoms with Gasteiger partial charge in [-0.15, -0.1) is 0 Å². The van der Waals surface area contributed by atoms with Gasteiger partial charge in [-0.2, -0.15) is 0 Å². The van der Waals surface area contributed by atoms with E-state index in [0.717, 1.165) is 0 Å². The van der Waals surface area contributed by atoms with Crippen LogP contribution in [0.25, 0.3) is 13.9 Å². The summed E-state index contributed by atoms with van der Waals surface area (Å²) in [5, 5.41) is 0. The molecular weight excluding hydrogens is 581 g/mol. The average molecular weight is 635 g/mol. The summed E-state index contributed by atoms with van der Waals surface area (Å²) in [6, 6.07) is 0. The van der Waals surface area contributed by atoms with Crippen molar-refractivity contribution in [1.29, 1.82) is 0 Å². The molecule has 0 radical (unpaired) electrons. The molecule has 0 rings (SSSR count). The Morgan fingerprint density at radius 3 is 0.345 bits per heavy atom. The van der Waals surface area contributed by atoms with Crippen molar-refractivity contribution < 1.29 is 12.4 Å². The van der Waals surface area contributed by atoms with Crippen molar-refractivity contribution in [2.24, 2.45) is 0 Å². The van der Waals surface area contributed by atoms with Gasteiger partial charge >= 0.3 is 23.9 Å². The maximum atomic E-state index is 4.82. The van der Waals surface area contributed by atoms with Crippen molar-refractivity contribution in [3.05, 3.63) is 13.9 Å². The quantitative estimate of drug-likeness (QED) is 0.336. The average Bonchev–Trinajstić information content (AvgIpc) is 1.96. The first-order valence-corrected chi connectivity index (χ1v) is 31.0. The zero-order chi connectivity index (χ0) is 23.1. The van der Waals surface area contributed by atoms with Crippen molar-refractivity contribution in [3.8, 4) is 0 Å². The fraction of sp³-hybridized carbons (Fsp3) is 1.00. The van der Waals surface area contributed by atoms with Crippen molar-refractivity contribution in [2.75, 3.05) is 0 Å². The topological polar surface area (TPSA) is 42.3 Å². The molecule has 0 fully saturated rings. The number of hydrogen-bond donors (Lipinski definition) is 0. The molecule has 0 saturated carbocycles. The molecule has 0 aromatic rings. The molecule has 0 saturated heterocycles. The van der Waals surface area contributed by atoms with E-state index in [-0.39, 0.29) is 36.3 Å². The predicted octanol–water partition coefficient (Wildman–Crippen LogP) is 5.71. The smallest absolute Gasteiger partial charge is 1.00 e. The molecule has 0 atom stereocenters. The summed E-state index contributed by atoms with van der Waals surface area (Å²) < 4.78 is 14.5. The van der Waals surface area contributed by atoms with Crippen LogP contribution in [0.3, 0.4) is 0 Å². The van der Waals surface area contributed by atoms with Gasteiger partial charge in [-0.05, 0) is 0 Å². The minimum Gasteiger partial charge on any atom is -1.00 e. The van der Waals surface area contributed by atoms with Crippen molar-refractivity contribution in [2.45, 2.75) is 118 Å². The van der Waals surface area contributed by atoms with E-state index in [4.69, 9.17) is 13.9 Å². The Bertz CT molecular complexity index is 303. The minimum atomic E-state index is -1.11. The van der Waals surface area contributed by atoms with Crippen LogP contribution in [-0.4, -0.2) is 73.3 Å². The van der Waals surface area contributed by atoms with Crippen LogP contribution in [0.15, 0.2) is 0 Å². The van der Waals surface area contributed by atoms with Gasteiger partial charge in [-0.3, -0.25) is 0 Å². The Balaban J connectivity index is -0.0000000960. The molecule has 0 N–H and O–H groups in total. The van der Waals surface area contributed by atoms with E-state index in [2.05, 4.69) is 118 Å². The number of hydrogen-bond acceptors (Lipinski definition) is 0. The Morgan fingerprint density at radius 2 is 0.345 bits per heavy atom. The minimum absolute atomic E-state index is 0. The Morgan fingerprint density at radius 1 is 0.276 bits per heavy atom.